The van der Waals surface area contributed by atoms with Crippen molar-refractivity contribution in [2.75, 3.05) is 25.4 Å². The topological polar surface area (TPSA) is 85.5 Å². The van der Waals surface area contributed by atoms with Crippen LogP contribution < -0.4 is 5.73 Å². The van der Waals surface area contributed by atoms with Crippen molar-refractivity contribution in [1.29, 1.82) is 0 Å². The summed E-state index contributed by atoms with van der Waals surface area (Å²) in [6.45, 7) is 3.21. The van der Waals surface area contributed by atoms with Gasteiger partial charge in [-0.25, -0.2) is 4.98 Å². The molecule has 1 unspecified atom stereocenters. The molecule has 0 aromatic carbocycles. The molecule has 2 aromatic heterocycles. The Hall–Kier alpha value is -2.15. The summed E-state index contributed by atoms with van der Waals surface area (Å²) in [4.78, 5) is 33.1. The lowest BCUT2D eigenvalue weighted by atomic mass is 9.95. The second-order valence-electron chi connectivity index (χ2n) is 7.34. The lowest BCUT2D eigenvalue weighted by molar-refractivity contribution is -0.149. The Morgan fingerprint density at radius 1 is 1.33 bits per heavy atom. The van der Waals surface area contributed by atoms with Gasteiger partial charge >= 0.3 is 5.97 Å². The average Bonchev–Trinajstić information content (AvgIpc) is 3.01. The van der Waals surface area contributed by atoms with Crippen molar-refractivity contribution in [3.05, 3.63) is 22.2 Å². The van der Waals surface area contributed by atoms with Gasteiger partial charge in [0.25, 0.3) is 5.91 Å². The summed E-state index contributed by atoms with van der Waals surface area (Å²) in [5, 5.41) is 0.892. The molecule has 27 heavy (non-hydrogen) atoms. The van der Waals surface area contributed by atoms with Crippen LogP contribution >= 0.6 is 11.3 Å². The number of nitrogen functional groups attached to an aromatic ring is 1. The van der Waals surface area contributed by atoms with Crippen LogP contribution in [0.5, 0.6) is 0 Å². The third kappa shape index (κ3) is 3.40. The maximum atomic E-state index is 13.1. The summed E-state index contributed by atoms with van der Waals surface area (Å²) in [6, 6.07) is 2.12. The molecular weight excluding hydrogens is 362 g/mol. The predicted molar refractivity (Wildman–Crippen MR) is 106 cm³/mol. The summed E-state index contributed by atoms with van der Waals surface area (Å²) in [5.74, 6) is -0.556. The van der Waals surface area contributed by atoms with Gasteiger partial charge in [0.1, 0.15) is 9.71 Å². The van der Waals surface area contributed by atoms with Gasteiger partial charge in [-0.1, -0.05) is 0 Å². The minimum absolute atomic E-state index is 0.0949. The van der Waals surface area contributed by atoms with E-state index >= 15 is 0 Å². The molecule has 6 nitrogen and oxygen atoms in total. The number of piperidine rings is 1. The molecule has 2 aromatic rings. The van der Waals surface area contributed by atoms with Crippen LogP contribution in [0.25, 0.3) is 10.2 Å². The number of rotatable bonds is 3. The van der Waals surface area contributed by atoms with Gasteiger partial charge in [0, 0.05) is 24.2 Å². The van der Waals surface area contributed by atoms with E-state index in [1.807, 2.05) is 0 Å². The Morgan fingerprint density at radius 2 is 2.15 bits per heavy atom. The summed E-state index contributed by atoms with van der Waals surface area (Å²) in [7, 11) is 0. The Labute approximate surface area is 162 Å². The molecule has 144 valence electrons. The fourth-order valence-corrected chi connectivity index (χ4v) is 5.14. The number of aryl methyl sites for hydroxylation is 2. The first-order chi connectivity index (χ1) is 13.1. The van der Waals surface area contributed by atoms with E-state index in [1.165, 1.54) is 29.7 Å². The van der Waals surface area contributed by atoms with Crippen molar-refractivity contribution >= 4 is 39.1 Å². The van der Waals surface area contributed by atoms with Crippen molar-refractivity contribution in [2.45, 2.75) is 45.4 Å². The highest BCUT2D eigenvalue weighted by Crippen LogP contribution is 2.36. The molecule has 1 aliphatic carbocycles. The maximum absolute atomic E-state index is 13.1. The van der Waals surface area contributed by atoms with Crippen molar-refractivity contribution in [3.8, 4) is 0 Å². The number of anilines is 1. The number of likely N-dealkylation sites (tertiary alicyclic amines) is 1. The van der Waals surface area contributed by atoms with Gasteiger partial charge < -0.3 is 15.4 Å². The highest BCUT2D eigenvalue weighted by Gasteiger charge is 2.31. The number of esters is 1. The molecule has 1 amide bonds. The molecular formula is C20H25N3O3S. The van der Waals surface area contributed by atoms with Crippen LogP contribution in [0, 0.1) is 5.92 Å². The number of hydrogen-bond donors (Lipinski definition) is 1. The van der Waals surface area contributed by atoms with Gasteiger partial charge in [-0.15, -0.1) is 11.3 Å². The zero-order chi connectivity index (χ0) is 19.0. The number of pyridine rings is 1. The lowest BCUT2D eigenvalue weighted by Crippen LogP contribution is -2.42. The Morgan fingerprint density at radius 3 is 2.96 bits per heavy atom. The predicted octanol–water partition coefficient (Wildman–Crippen LogP) is 3.17. The summed E-state index contributed by atoms with van der Waals surface area (Å²) >= 11 is 1.37. The molecule has 2 aliphatic rings. The first-order valence-corrected chi connectivity index (χ1v) is 10.6. The van der Waals surface area contributed by atoms with Crippen LogP contribution in [0.4, 0.5) is 5.69 Å². The van der Waals surface area contributed by atoms with Gasteiger partial charge in [-0.2, -0.15) is 0 Å². The Kier molecular flexibility index (Phi) is 5.04. The van der Waals surface area contributed by atoms with Gasteiger partial charge in [0.15, 0.2) is 0 Å². The van der Waals surface area contributed by atoms with E-state index in [4.69, 9.17) is 15.5 Å². The third-order valence-electron chi connectivity index (χ3n) is 5.52. The summed E-state index contributed by atoms with van der Waals surface area (Å²) < 4.78 is 5.13. The number of fused-ring (bicyclic) bond motifs is 2. The van der Waals surface area contributed by atoms with Gasteiger partial charge in [0.2, 0.25) is 0 Å². The van der Waals surface area contributed by atoms with Crippen LogP contribution in [-0.2, 0) is 22.4 Å². The standard InChI is InChI=1S/C20H25N3O3S/c1-2-26-20(25)13-7-5-9-23(11-13)19(24)17-16(21)14-10-12-6-3-4-8-15(12)22-18(14)27-17/h10,13H,2-9,11,21H2,1H3. The van der Waals surface area contributed by atoms with Crippen LogP contribution in [-0.4, -0.2) is 41.5 Å². The first kappa shape index (κ1) is 18.2. The van der Waals surface area contributed by atoms with Crippen LogP contribution in [0.15, 0.2) is 6.07 Å². The van der Waals surface area contributed by atoms with Crippen molar-refractivity contribution in [3.63, 3.8) is 0 Å². The largest absolute Gasteiger partial charge is 0.466 e. The minimum Gasteiger partial charge on any atom is -0.466 e. The molecule has 0 spiro atoms. The number of amides is 1. The average molecular weight is 388 g/mol. The van der Waals surface area contributed by atoms with Crippen molar-refractivity contribution in [2.24, 2.45) is 5.92 Å². The number of nitrogens with two attached hydrogens (primary N) is 1. The Bertz CT molecular complexity index is 892. The molecule has 0 bridgehead atoms. The normalized spacial score (nSPS) is 19.7. The molecule has 1 saturated heterocycles. The van der Waals surface area contributed by atoms with E-state index < -0.39 is 0 Å². The van der Waals surface area contributed by atoms with E-state index in [0.717, 1.165) is 41.6 Å². The van der Waals surface area contributed by atoms with E-state index in [0.29, 0.717) is 30.3 Å². The number of carbonyl (C=O) groups excluding carboxylic acids is 2. The zero-order valence-corrected chi connectivity index (χ0v) is 16.4. The molecule has 0 saturated carbocycles. The van der Waals surface area contributed by atoms with Crippen LogP contribution in [0.3, 0.4) is 0 Å². The summed E-state index contributed by atoms with van der Waals surface area (Å²) in [6.07, 6.45) is 5.94. The molecule has 0 radical (unpaired) electrons. The van der Waals surface area contributed by atoms with Gasteiger partial charge in [0.05, 0.1) is 18.2 Å². The van der Waals surface area contributed by atoms with E-state index in [-0.39, 0.29) is 17.8 Å². The minimum atomic E-state index is -0.247. The molecule has 2 N–H and O–H groups in total. The number of carbonyl (C=O) groups is 2. The highest BCUT2D eigenvalue weighted by atomic mass is 32.1. The number of ether oxygens (including phenoxy) is 1. The second-order valence-corrected chi connectivity index (χ2v) is 8.34. The molecule has 3 heterocycles. The highest BCUT2D eigenvalue weighted by molar-refractivity contribution is 7.21. The van der Waals surface area contributed by atoms with E-state index in [2.05, 4.69) is 6.07 Å². The number of hydrogen-bond acceptors (Lipinski definition) is 6. The second kappa shape index (κ2) is 7.46. The molecule has 4 rings (SSSR count). The Balaban J connectivity index is 1.60. The summed E-state index contributed by atoms with van der Waals surface area (Å²) in [5.41, 5.74) is 9.29. The molecule has 7 heteroatoms. The molecule has 1 atom stereocenters. The monoisotopic (exact) mass is 387 g/mol. The smallest absolute Gasteiger partial charge is 0.310 e. The lowest BCUT2D eigenvalue weighted by Gasteiger charge is -2.31. The van der Waals surface area contributed by atoms with E-state index in [1.54, 1.807) is 11.8 Å². The van der Waals surface area contributed by atoms with Crippen molar-refractivity contribution < 1.29 is 14.3 Å². The van der Waals surface area contributed by atoms with Gasteiger partial charge in [-0.05, 0) is 57.1 Å². The van der Waals surface area contributed by atoms with Crippen LogP contribution in [0.2, 0.25) is 0 Å². The number of thiophene rings is 1. The quantitative estimate of drug-likeness (QED) is 0.818. The maximum Gasteiger partial charge on any atom is 0.310 e. The van der Waals surface area contributed by atoms with Crippen molar-refractivity contribution in [1.82, 2.24) is 9.88 Å². The van der Waals surface area contributed by atoms with E-state index in [9.17, 15) is 9.59 Å². The first-order valence-electron chi connectivity index (χ1n) is 9.75. The fourth-order valence-electron chi connectivity index (χ4n) is 4.08. The number of nitrogens with zero attached hydrogens (tertiary/aromatic N) is 2. The number of aromatic nitrogens is 1. The van der Waals surface area contributed by atoms with Gasteiger partial charge in [-0.3, -0.25) is 9.59 Å². The fraction of sp³-hybridized carbons (Fsp3) is 0.550. The van der Waals surface area contributed by atoms with Crippen LogP contribution in [0.1, 0.15) is 53.5 Å². The molecule has 1 aliphatic heterocycles. The third-order valence-corrected chi connectivity index (χ3v) is 6.63. The zero-order valence-electron chi connectivity index (χ0n) is 15.6. The SMILES string of the molecule is CCOC(=O)C1CCCN(C(=O)c2sc3nc4c(cc3c2N)CCCC4)C1. The molecule has 1 fully saturated rings.